The van der Waals surface area contributed by atoms with Crippen LogP contribution in [0, 0.1) is 5.82 Å². The van der Waals surface area contributed by atoms with Crippen molar-refractivity contribution >= 4 is 46.6 Å². The molecule has 116 valence electrons. The van der Waals surface area contributed by atoms with Gasteiger partial charge in [-0.05, 0) is 47.4 Å². The summed E-state index contributed by atoms with van der Waals surface area (Å²) in [6, 6.07) is 11.7. The van der Waals surface area contributed by atoms with Crippen LogP contribution in [-0.2, 0) is 0 Å². The van der Waals surface area contributed by atoms with E-state index in [1.165, 1.54) is 24.3 Å². The second-order valence-corrected chi connectivity index (χ2v) is 5.22. The summed E-state index contributed by atoms with van der Waals surface area (Å²) in [5.41, 5.74) is 1.26. The molecule has 1 aromatic heterocycles. The Balaban J connectivity index is 0.00000192. The van der Waals surface area contributed by atoms with E-state index >= 15 is 0 Å². The lowest BCUT2D eigenvalue weighted by atomic mass is 10.1. The lowest BCUT2D eigenvalue weighted by Gasteiger charge is -2.00. The molecule has 0 N–H and O–H groups in total. The van der Waals surface area contributed by atoms with Crippen LogP contribution in [0.1, 0.15) is 15.9 Å². The molecule has 0 aliphatic heterocycles. The molecule has 3 rings (SSSR count). The molecule has 2 aromatic carbocycles. The molecule has 0 saturated carbocycles. The smallest absolute Gasteiger partial charge is 0.185 e. The number of fused-ring (bicyclic) bond motifs is 1. The fraction of sp³-hybridized carbons (Fsp3) is 0. The number of allylic oxidation sites excluding steroid dienone is 1. The van der Waals surface area contributed by atoms with E-state index in [0.717, 1.165) is 16.3 Å². The number of aromatic nitrogens is 1. The van der Waals surface area contributed by atoms with Gasteiger partial charge in [0.1, 0.15) is 5.82 Å². The van der Waals surface area contributed by atoms with Crippen LogP contribution in [-0.4, -0.2) is 10.8 Å². The molecule has 1 heterocycles. The minimum absolute atomic E-state index is 0. The molecule has 0 aliphatic carbocycles. The van der Waals surface area contributed by atoms with Crippen molar-refractivity contribution in [1.29, 1.82) is 0 Å². The maximum Gasteiger partial charge on any atom is 0.185 e. The van der Waals surface area contributed by atoms with Gasteiger partial charge in [-0.1, -0.05) is 29.8 Å². The number of rotatable bonds is 3. The number of hydrogen-bond acceptors (Lipinski definition) is 2. The van der Waals surface area contributed by atoms with Gasteiger partial charge in [0.05, 0.1) is 5.02 Å². The van der Waals surface area contributed by atoms with Gasteiger partial charge in [-0.2, -0.15) is 0 Å². The Morgan fingerprint density at radius 3 is 2.70 bits per heavy atom. The van der Waals surface area contributed by atoms with Crippen molar-refractivity contribution in [3.8, 4) is 0 Å². The lowest BCUT2D eigenvalue weighted by Crippen LogP contribution is -1.94. The third kappa shape index (κ3) is 3.95. The van der Waals surface area contributed by atoms with E-state index in [1.807, 2.05) is 24.3 Å². The van der Waals surface area contributed by atoms with Crippen molar-refractivity contribution in [3.05, 3.63) is 82.9 Å². The van der Waals surface area contributed by atoms with Crippen molar-refractivity contribution < 1.29 is 9.18 Å². The highest BCUT2D eigenvalue weighted by Gasteiger charge is 2.06. The predicted molar refractivity (Wildman–Crippen MR) is 93.8 cm³/mol. The summed E-state index contributed by atoms with van der Waals surface area (Å²) >= 11 is 5.68. The van der Waals surface area contributed by atoms with E-state index < -0.39 is 5.82 Å². The van der Waals surface area contributed by atoms with E-state index in [-0.39, 0.29) is 23.2 Å². The zero-order chi connectivity index (χ0) is 15.5. The lowest BCUT2D eigenvalue weighted by molar-refractivity contribution is 0.104. The third-order valence-electron chi connectivity index (χ3n) is 3.30. The average Bonchev–Trinajstić information content (AvgIpc) is 2.55. The number of pyridine rings is 1. The standard InChI is InChI=1S/C18H11ClFNO.ClH/c19-16-10-14(4-5-17(16)20)18(22)6-2-12-1-3-15-11-21-8-7-13(15)9-12;/h1-11H;1H/b6-2+;. The highest BCUT2D eigenvalue weighted by molar-refractivity contribution is 6.31. The molecular formula is C18H12Cl2FNO. The molecule has 0 spiro atoms. The molecule has 0 fully saturated rings. The zero-order valence-corrected chi connectivity index (χ0v) is 13.4. The number of carbonyl (C=O) groups excluding carboxylic acids is 1. The van der Waals surface area contributed by atoms with E-state index in [0.29, 0.717) is 5.56 Å². The summed E-state index contributed by atoms with van der Waals surface area (Å²) in [4.78, 5) is 16.1. The first-order chi connectivity index (χ1) is 10.6. The normalized spacial score (nSPS) is 10.7. The first kappa shape index (κ1) is 17.1. The van der Waals surface area contributed by atoms with Gasteiger partial charge in [0.15, 0.2) is 5.78 Å². The summed E-state index contributed by atoms with van der Waals surface area (Å²) in [7, 11) is 0. The highest BCUT2D eigenvalue weighted by Crippen LogP contribution is 2.18. The molecule has 0 aliphatic rings. The summed E-state index contributed by atoms with van der Waals surface area (Å²) in [5.74, 6) is -0.762. The molecule has 3 aromatic rings. The van der Waals surface area contributed by atoms with E-state index in [1.54, 1.807) is 18.5 Å². The topological polar surface area (TPSA) is 30.0 Å². The fourth-order valence-electron chi connectivity index (χ4n) is 2.12. The Hall–Kier alpha value is -2.23. The number of halogens is 3. The number of hydrogen-bond donors (Lipinski definition) is 0. The quantitative estimate of drug-likeness (QED) is 0.472. The van der Waals surface area contributed by atoms with Gasteiger partial charge in [-0.15, -0.1) is 12.4 Å². The summed E-state index contributed by atoms with van der Waals surface area (Å²) in [6.45, 7) is 0. The molecular weight excluding hydrogens is 336 g/mol. The monoisotopic (exact) mass is 347 g/mol. The minimum Gasteiger partial charge on any atom is -0.289 e. The number of benzene rings is 2. The molecule has 0 saturated heterocycles. The van der Waals surface area contributed by atoms with Gasteiger partial charge in [-0.25, -0.2) is 4.39 Å². The van der Waals surface area contributed by atoms with Crippen molar-refractivity contribution in [1.82, 2.24) is 4.98 Å². The minimum atomic E-state index is -0.537. The van der Waals surface area contributed by atoms with Gasteiger partial charge in [-0.3, -0.25) is 9.78 Å². The maximum absolute atomic E-state index is 13.1. The van der Waals surface area contributed by atoms with Gasteiger partial charge in [0, 0.05) is 23.3 Å². The maximum atomic E-state index is 13.1. The van der Waals surface area contributed by atoms with E-state index in [9.17, 15) is 9.18 Å². The van der Waals surface area contributed by atoms with Crippen LogP contribution in [0.3, 0.4) is 0 Å². The summed E-state index contributed by atoms with van der Waals surface area (Å²) in [5, 5.41) is 2.03. The molecule has 23 heavy (non-hydrogen) atoms. The SMILES string of the molecule is Cl.O=C(/C=C/c1ccc2cnccc2c1)c1ccc(F)c(Cl)c1. The van der Waals surface area contributed by atoms with Crippen molar-refractivity contribution in [2.24, 2.45) is 0 Å². The Morgan fingerprint density at radius 2 is 1.91 bits per heavy atom. The average molecular weight is 348 g/mol. The van der Waals surface area contributed by atoms with Crippen LogP contribution in [0.4, 0.5) is 4.39 Å². The molecule has 0 unspecified atom stereocenters. The van der Waals surface area contributed by atoms with Crippen LogP contribution in [0.5, 0.6) is 0 Å². The molecule has 0 atom stereocenters. The summed E-state index contributed by atoms with van der Waals surface area (Å²) in [6.07, 6.45) is 6.68. The zero-order valence-electron chi connectivity index (χ0n) is 11.9. The first-order valence-corrected chi connectivity index (χ1v) is 7.02. The Morgan fingerprint density at radius 1 is 1.09 bits per heavy atom. The second-order valence-electron chi connectivity index (χ2n) is 4.81. The van der Waals surface area contributed by atoms with Crippen molar-refractivity contribution in [2.75, 3.05) is 0 Å². The van der Waals surface area contributed by atoms with Crippen LogP contribution in [0.15, 0.2) is 60.9 Å². The van der Waals surface area contributed by atoms with Crippen LogP contribution < -0.4 is 0 Å². The van der Waals surface area contributed by atoms with Gasteiger partial charge in [0.25, 0.3) is 0 Å². The molecule has 0 amide bonds. The Labute approximate surface area is 144 Å². The predicted octanol–water partition coefficient (Wildman–Crippen LogP) is 5.35. The molecule has 2 nitrogen and oxygen atoms in total. The Kier molecular flexibility index (Phi) is 5.48. The van der Waals surface area contributed by atoms with Gasteiger partial charge in [0.2, 0.25) is 0 Å². The highest BCUT2D eigenvalue weighted by atomic mass is 35.5. The summed E-state index contributed by atoms with van der Waals surface area (Å²) < 4.78 is 13.1. The number of nitrogens with zero attached hydrogens (tertiary/aromatic N) is 1. The number of carbonyl (C=O) groups is 1. The van der Waals surface area contributed by atoms with Gasteiger partial charge < -0.3 is 0 Å². The fourth-order valence-corrected chi connectivity index (χ4v) is 2.30. The van der Waals surface area contributed by atoms with Crippen molar-refractivity contribution in [2.45, 2.75) is 0 Å². The van der Waals surface area contributed by atoms with Gasteiger partial charge >= 0.3 is 0 Å². The van der Waals surface area contributed by atoms with Crippen LogP contribution >= 0.6 is 24.0 Å². The van der Waals surface area contributed by atoms with Crippen molar-refractivity contribution in [3.63, 3.8) is 0 Å². The molecule has 5 heteroatoms. The van der Waals surface area contributed by atoms with E-state index in [2.05, 4.69) is 4.98 Å². The first-order valence-electron chi connectivity index (χ1n) is 6.65. The van der Waals surface area contributed by atoms with Crippen LogP contribution in [0.2, 0.25) is 5.02 Å². The molecule has 0 radical (unpaired) electrons. The van der Waals surface area contributed by atoms with E-state index in [4.69, 9.17) is 11.6 Å². The third-order valence-corrected chi connectivity index (χ3v) is 3.59. The largest absolute Gasteiger partial charge is 0.289 e. The molecule has 0 bridgehead atoms. The van der Waals surface area contributed by atoms with Crippen LogP contribution in [0.25, 0.3) is 16.8 Å². The Bertz CT molecular complexity index is 893. The second kappa shape index (κ2) is 7.36. The number of ketones is 1.